The molecule has 3 rings (SSSR count). The predicted molar refractivity (Wildman–Crippen MR) is 105 cm³/mol. The minimum atomic E-state index is -3.24. The Bertz CT molecular complexity index is 923. The van der Waals surface area contributed by atoms with E-state index >= 15 is 0 Å². The van der Waals surface area contributed by atoms with Crippen molar-refractivity contribution in [1.82, 2.24) is 19.5 Å². The quantitative estimate of drug-likeness (QED) is 0.592. The summed E-state index contributed by atoms with van der Waals surface area (Å²) in [4.78, 5) is 12.9. The molecule has 0 spiro atoms. The van der Waals surface area contributed by atoms with Crippen molar-refractivity contribution in [2.75, 3.05) is 39.3 Å². The number of hydrogen-bond acceptors (Lipinski definition) is 10. The molecule has 5 atom stereocenters. The van der Waals surface area contributed by atoms with E-state index in [1.165, 1.54) is 6.66 Å². The topological polar surface area (TPSA) is 144 Å². The summed E-state index contributed by atoms with van der Waals surface area (Å²) in [5.74, 6) is 0.758. The van der Waals surface area contributed by atoms with E-state index in [9.17, 15) is 9.67 Å². The van der Waals surface area contributed by atoms with Gasteiger partial charge in [-0.2, -0.15) is 0 Å². The molecular formula is C17H28N5O6P. The smallest absolute Gasteiger partial charge is 0.327 e. The molecule has 1 saturated heterocycles. The summed E-state index contributed by atoms with van der Waals surface area (Å²) in [6.45, 7) is 7.03. The van der Waals surface area contributed by atoms with Crippen LogP contribution in [-0.4, -0.2) is 70.4 Å². The number of ether oxygens (including phenoxy) is 2. The number of imidazole rings is 1. The molecule has 0 amide bonds. The summed E-state index contributed by atoms with van der Waals surface area (Å²) in [6, 6.07) is 0. The summed E-state index contributed by atoms with van der Waals surface area (Å²) in [7, 11) is -1.69. The van der Waals surface area contributed by atoms with E-state index < -0.39 is 31.4 Å². The number of nitrogen functional groups attached to an aromatic ring is 1. The molecule has 0 aliphatic carbocycles. The van der Waals surface area contributed by atoms with Gasteiger partial charge in [0.1, 0.15) is 23.7 Å². The average molecular weight is 429 g/mol. The van der Waals surface area contributed by atoms with Crippen LogP contribution in [0, 0.1) is 12.3 Å². The van der Waals surface area contributed by atoms with Crippen LogP contribution in [0.4, 0.5) is 5.82 Å². The third-order valence-electron chi connectivity index (χ3n) is 5.00. The molecule has 1 aliphatic rings. The van der Waals surface area contributed by atoms with E-state index in [4.69, 9.17) is 24.3 Å². The fraction of sp³-hybridized carbons (Fsp3) is 0.706. The van der Waals surface area contributed by atoms with Crippen LogP contribution in [0.5, 0.6) is 0 Å². The Balaban J connectivity index is 1.94. The molecular weight excluding hydrogens is 401 g/mol. The van der Waals surface area contributed by atoms with Crippen LogP contribution >= 0.6 is 7.60 Å². The molecule has 0 aromatic carbocycles. The maximum atomic E-state index is 12.3. The number of nitrogens with zero attached hydrogens (tertiary/aromatic N) is 4. The van der Waals surface area contributed by atoms with Gasteiger partial charge in [0.25, 0.3) is 0 Å². The van der Waals surface area contributed by atoms with E-state index in [1.54, 1.807) is 31.9 Å². The summed E-state index contributed by atoms with van der Waals surface area (Å²) in [5, 5.41) is 11.0. The Hall–Kier alpha value is -1.62. The highest BCUT2D eigenvalue weighted by atomic mass is 31.2. The maximum absolute atomic E-state index is 12.3. The van der Waals surface area contributed by atoms with E-state index in [2.05, 4.69) is 15.0 Å². The first kappa shape index (κ1) is 22.1. The average Bonchev–Trinajstić information content (AvgIpc) is 3.14. The summed E-state index contributed by atoms with van der Waals surface area (Å²) < 4.78 is 36.0. The first-order valence-corrected chi connectivity index (χ1v) is 11.3. The zero-order chi connectivity index (χ0) is 21.4. The predicted octanol–water partition coefficient (Wildman–Crippen LogP) is 1.50. The fourth-order valence-corrected chi connectivity index (χ4v) is 4.61. The van der Waals surface area contributed by atoms with Crippen molar-refractivity contribution in [3.8, 4) is 0 Å². The van der Waals surface area contributed by atoms with E-state index in [0.717, 1.165) is 0 Å². The van der Waals surface area contributed by atoms with Crippen molar-refractivity contribution in [2.45, 2.75) is 39.2 Å². The molecule has 2 aromatic heterocycles. The number of aliphatic hydroxyl groups is 1. The largest absolute Gasteiger partial charge is 0.389 e. The molecule has 2 unspecified atom stereocenters. The highest BCUT2D eigenvalue weighted by Gasteiger charge is 2.54. The first-order valence-electron chi connectivity index (χ1n) is 9.28. The second kappa shape index (κ2) is 8.25. The molecule has 1 aliphatic heterocycles. The SMILES string of the molecule is CCOP(C)(=O)OC[C@H]1O[C@@H](n2cnc3c(N)nc(C)nc32)[C@@](C)(COC)C1O. The number of hydrogen-bond donors (Lipinski definition) is 2. The Kier molecular flexibility index (Phi) is 6.28. The lowest BCUT2D eigenvalue weighted by Crippen LogP contribution is -2.41. The van der Waals surface area contributed by atoms with Gasteiger partial charge in [-0.1, -0.05) is 6.92 Å². The number of rotatable bonds is 8. The van der Waals surface area contributed by atoms with Crippen molar-refractivity contribution in [3.05, 3.63) is 12.2 Å². The van der Waals surface area contributed by atoms with Gasteiger partial charge in [-0.3, -0.25) is 9.13 Å². The second-order valence-electron chi connectivity index (χ2n) is 7.38. The molecule has 0 bridgehead atoms. The Morgan fingerprint density at radius 3 is 2.79 bits per heavy atom. The lowest BCUT2D eigenvalue weighted by Gasteiger charge is -2.32. The Morgan fingerprint density at radius 2 is 2.14 bits per heavy atom. The molecule has 12 heteroatoms. The zero-order valence-corrected chi connectivity index (χ0v) is 18.1. The molecule has 29 heavy (non-hydrogen) atoms. The highest BCUT2D eigenvalue weighted by molar-refractivity contribution is 7.52. The van der Waals surface area contributed by atoms with Crippen LogP contribution in [0.3, 0.4) is 0 Å². The molecule has 11 nitrogen and oxygen atoms in total. The van der Waals surface area contributed by atoms with Crippen LogP contribution in [0.25, 0.3) is 11.2 Å². The second-order valence-corrected chi connectivity index (χ2v) is 9.43. The van der Waals surface area contributed by atoms with Gasteiger partial charge in [0.15, 0.2) is 11.5 Å². The van der Waals surface area contributed by atoms with Crippen molar-refractivity contribution >= 4 is 24.6 Å². The zero-order valence-electron chi connectivity index (χ0n) is 17.2. The third-order valence-corrected chi connectivity index (χ3v) is 6.35. The Morgan fingerprint density at radius 1 is 1.41 bits per heavy atom. The molecule has 2 aromatic rings. The van der Waals surface area contributed by atoms with Crippen molar-refractivity contribution in [1.29, 1.82) is 0 Å². The standard InChI is InChI=1S/C17H28N5O6P/c1-6-26-29(5,24)27-7-11-13(23)17(3,8-25-4)16(28-11)22-9-19-12-14(18)20-10(2)21-15(12)22/h9,11,13,16,23H,6-8H2,1-5H3,(H2,18,20,21)/t11-,13?,16-,17+,29?/m1/s1. The van der Waals surface area contributed by atoms with Crippen LogP contribution in [0.2, 0.25) is 0 Å². The number of anilines is 1. The lowest BCUT2D eigenvalue weighted by molar-refractivity contribution is -0.0636. The summed E-state index contributed by atoms with van der Waals surface area (Å²) in [6.07, 6.45) is -0.847. The molecule has 3 N–H and O–H groups in total. The number of aliphatic hydroxyl groups excluding tert-OH is 1. The summed E-state index contributed by atoms with van der Waals surface area (Å²) >= 11 is 0. The van der Waals surface area contributed by atoms with Crippen molar-refractivity contribution in [2.24, 2.45) is 5.41 Å². The van der Waals surface area contributed by atoms with Crippen LogP contribution < -0.4 is 5.73 Å². The van der Waals surface area contributed by atoms with E-state index in [0.29, 0.717) is 17.0 Å². The van der Waals surface area contributed by atoms with Crippen molar-refractivity contribution < 1.29 is 28.2 Å². The maximum Gasteiger partial charge on any atom is 0.327 e. The highest BCUT2D eigenvalue weighted by Crippen LogP contribution is 2.49. The normalized spacial score (nSPS) is 29.4. The van der Waals surface area contributed by atoms with E-state index in [-0.39, 0.29) is 25.6 Å². The molecule has 1 fully saturated rings. The summed E-state index contributed by atoms with van der Waals surface area (Å²) in [5.41, 5.74) is 6.05. The van der Waals surface area contributed by atoms with E-state index in [1.807, 2.05) is 6.92 Å². The molecule has 3 heterocycles. The van der Waals surface area contributed by atoms with Crippen LogP contribution in [-0.2, 0) is 23.1 Å². The molecule has 0 saturated carbocycles. The van der Waals surface area contributed by atoms with Gasteiger partial charge in [0, 0.05) is 13.8 Å². The van der Waals surface area contributed by atoms with Gasteiger partial charge < -0.3 is 29.4 Å². The molecule has 0 radical (unpaired) electrons. The lowest BCUT2D eigenvalue weighted by atomic mass is 9.83. The number of fused-ring (bicyclic) bond motifs is 1. The van der Waals surface area contributed by atoms with Crippen molar-refractivity contribution in [3.63, 3.8) is 0 Å². The fourth-order valence-electron chi connectivity index (χ4n) is 3.65. The van der Waals surface area contributed by atoms with Crippen LogP contribution in [0.15, 0.2) is 6.33 Å². The number of aryl methyl sites for hydroxylation is 1. The van der Waals surface area contributed by atoms with Gasteiger partial charge in [0.05, 0.1) is 37.7 Å². The van der Waals surface area contributed by atoms with Gasteiger partial charge in [-0.15, -0.1) is 0 Å². The van der Waals surface area contributed by atoms with Crippen LogP contribution in [0.1, 0.15) is 25.9 Å². The van der Waals surface area contributed by atoms with Gasteiger partial charge in [0.2, 0.25) is 0 Å². The minimum absolute atomic E-state index is 0.104. The number of aromatic nitrogens is 4. The minimum Gasteiger partial charge on any atom is -0.389 e. The third kappa shape index (κ3) is 4.16. The van der Waals surface area contributed by atoms with Gasteiger partial charge in [-0.05, 0) is 13.8 Å². The number of methoxy groups -OCH3 is 1. The van der Waals surface area contributed by atoms with Gasteiger partial charge >= 0.3 is 7.60 Å². The monoisotopic (exact) mass is 429 g/mol. The first-order chi connectivity index (χ1) is 13.6. The Labute approximate surface area is 169 Å². The molecule has 162 valence electrons. The number of nitrogens with two attached hydrogens (primary N) is 1. The van der Waals surface area contributed by atoms with Gasteiger partial charge in [-0.25, -0.2) is 15.0 Å².